The van der Waals surface area contributed by atoms with E-state index in [9.17, 15) is 9.59 Å². The van der Waals surface area contributed by atoms with Crippen molar-refractivity contribution in [2.75, 3.05) is 13.2 Å². The van der Waals surface area contributed by atoms with Gasteiger partial charge in [-0.15, -0.1) is 0 Å². The normalized spacial score (nSPS) is 10.8. The second kappa shape index (κ2) is 18.9. The summed E-state index contributed by atoms with van der Waals surface area (Å²) >= 11 is 0. The first-order chi connectivity index (χ1) is 15.2. The lowest BCUT2D eigenvalue weighted by Crippen LogP contribution is -2.09. The molecule has 0 saturated heterocycles. The van der Waals surface area contributed by atoms with Gasteiger partial charge in [0, 0.05) is 0 Å². The van der Waals surface area contributed by atoms with Gasteiger partial charge in [-0.1, -0.05) is 97.3 Å². The van der Waals surface area contributed by atoms with Crippen LogP contribution in [0.4, 0.5) is 0 Å². The summed E-state index contributed by atoms with van der Waals surface area (Å²) in [6.45, 7) is 5.26. The van der Waals surface area contributed by atoms with Gasteiger partial charge in [-0.25, -0.2) is 9.59 Å². The van der Waals surface area contributed by atoms with Crippen LogP contribution in [0.25, 0.3) is 0 Å². The molecule has 0 N–H and O–H groups in total. The zero-order valence-electron chi connectivity index (χ0n) is 20.0. The Morgan fingerprint density at radius 3 is 1.19 bits per heavy atom. The molecule has 0 amide bonds. The molecule has 0 aliphatic heterocycles. The topological polar surface area (TPSA) is 52.6 Å². The van der Waals surface area contributed by atoms with Crippen LogP contribution >= 0.6 is 0 Å². The van der Waals surface area contributed by atoms with Crippen molar-refractivity contribution in [3.63, 3.8) is 0 Å². The summed E-state index contributed by atoms with van der Waals surface area (Å²) in [6.07, 6.45) is 18.4. The lowest BCUT2D eigenvalue weighted by atomic mass is 10.1. The highest BCUT2D eigenvalue weighted by atomic mass is 16.5. The predicted molar refractivity (Wildman–Crippen MR) is 128 cm³/mol. The van der Waals surface area contributed by atoms with E-state index in [2.05, 4.69) is 13.8 Å². The van der Waals surface area contributed by atoms with Gasteiger partial charge >= 0.3 is 11.9 Å². The van der Waals surface area contributed by atoms with Gasteiger partial charge in [0.1, 0.15) is 0 Å². The zero-order chi connectivity index (χ0) is 22.6. The van der Waals surface area contributed by atoms with E-state index in [-0.39, 0.29) is 11.9 Å². The molecule has 0 atom stereocenters. The molecule has 0 aliphatic carbocycles. The number of rotatable bonds is 19. The number of carbonyl (C=O) groups excluding carboxylic acids is 2. The predicted octanol–water partition coefficient (Wildman–Crippen LogP) is 7.89. The molecule has 176 valence electrons. The van der Waals surface area contributed by atoms with Crippen LogP contribution in [-0.4, -0.2) is 25.2 Å². The fourth-order valence-electron chi connectivity index (χ4n) is 3.53. The van der Waals surface area contributed by atoms with Crippen molar-refractivity contribution in [1.29, 1.82) is 0 Å². The lowest BCUT2D eigenvalue weighted by Gasteiger charge is -2.07. The number of esters is 2. The van der Waals surface area contributed by atoms with Crippen LogP contribution in [0.1, 0.15) is 131 Å². The first kappa shape index (κ1) is 27.2. The van der Waals surface area contributed by atoms with E-state index in [1.54, 1.807) is 24.3 Å². The maximum absolute atomic E-state index is 12.1. The largest absolute Gasteiger partial charge is 0.462 e. The zero-order valence-corrected chi connectivity index (χ0v) is 20.0. The number of carbonyl (C=O) groups is 2. The van der Waals surface area contributed by atoms with Crippen LogP contribution in [0, 0.1) is 0 Å². The molecule has 1 rings (SSSR count). The molecule has 0 heterocycles. The van der Waals surface area contributed by atoms with Crippen LogP contribution in [0.15, 0.2) is 24.3 Å². The molecule has 0 spiro atoms. The monoisotopic (exact) mass is 432 g/mol. The smallest absolute Gasteiger partial charge is 0.338 e. The van der Waals surface area contributed by atoms with Crippen LogP contribution in [0.3, 0.4) is 0 Å². The molecule has 0 aliphatic rings. The molecule has 4 nitrogen and oxygen atoms in total. The molecule has 0 fully saturated rings. The molecule has 31 heavy (non-hydrogen) atoms. The summed E-state index contributed by atoms with van der Waals surface area (Å²) < 4.78 is 10.6. The van der Waals surface area contributed by atoms with Crippen LogP contribution in [-0.2, 0) is 9.47 Å². The van der Waals surface area contributed by atoms with E-state index >= 15 is 0 Å². The Morgan fingerprint density at radius 1 is 0.516 bits per heavy atom. The van der Waals surface area contributed by atoms with Gasteiger partial charge < -0.3 is 9.47 Å². The Kier molecular flexibility index (Phi) is 16.6. The first-order valence-corrected chi connectivity index (χ1v) is 12.6. The van der Waals surface area contributed by atoms with E-state index in [1.807, 2.05) is 0 Å². The average molecular weight is 433 g/mol. The number of hydrogen-bond acceptors (Lipinski definition) is 4. The lowest BCUT2D eigenvalue weighted by molar-refractivity contribution is 0.0483. The maximum Gasteiger partial charge on any atom is 0.338 e. The Balaban J connectivity index is 2.05. The molecular formula is C27H44O4. The minimum Gasteiger partial charge on any atom is -0.462 e. The number of ether oxygens (including phenoxy) is 2. The third-order valence-electron chi connectivity index (χ3n) is 5.57. The number of benzene rings is 1. The fraction of sp³-hybridized carbons (Fsp3) is 0.704. The van der Waals surface area contributed by atoms with Gasteiger partial charge in [0.15, 0.2) is 0 Å². The van der Waals surface area contributed by atoms with Gasteiger partial charge in [0.2, 0.25) is 0 Å². The Hall–Kier alpha value is -1.84. The van der Waals surface area contributed by atoms with Crippen molar-refractivity contribution < 1.29 is 19.1 Å². The molecule has 0 aromatic heterocycles. The second-order valence-electron chi connectivity index (χ2n) is 8.45. The van der Waals surface area contributed by atoms with E-state index in [1.165, 1.54) is 64.2 Å². The molecule has 0 bridgehead atoms. The second-order valence-corrected chi connectivity index (χ2v) is 8.45. The molecule has 1 aromatic rings. The summed E-state index contributed by atoms with van der Waals surface area (Å²) in [5.41, 5.74) is 0.940. The van der Waals surface area contributed by atoms with Crippen molar-refractivity contribution >= 4 is 11.9 Å². The van der Waals surface area contributed by atoms with Crippen molar-refractivity contribution in [2.45, 2.75) is 110 Å². The first-order valence-electron chi connectivity index (χ1n) is 12.6. The van der Waals surface area contributed by atoms with Gasteiger partial charge in [0.25, 0.3) is 0 Å². The highest BCUT2D eigenvalue weighted by molar-refractivity contribution is 5.93. The van der Waals surface area contributed by atoms with Crippen LogP contribution < -0.4 is 0 Å². The Labute approximate surface area is 190 Å². The minimum atomic E-state index is -0.340. The van der Waals surface area contributed by atoms with E-state index < -0.39 is 0 Å². The molecule has 0 radical (unpaired) electrons. The summed E-state index contributed by atoms with van der Waals surface area (Å²) in [6, 6.07) is 6.52. The maximum atomic E-state index is 12.1. The summed E-state index contributed by atoms with van der Waals surface area (Å²) in [7, 11) is 0. The molecular weight excluding hydrogens is 388 g/mol. The third kappa shape index (κ3) is 14.0. The van der Waals surface area contributed by atoms with E-state index in [0.717, 1.165) is 32.1 Å². The molecule has 0 unspecified atom stereocenters. The summed E-state index contributed by atoms with van der Waals surface area (Å²) in [4.78, 5) is 24.1. The Bertz CT molecular complexity index is 579. The standard InChI is InChI=1S/C27H44O4/c1-3-5-7-8-9-10-11-12-13-14-15-17-23-31-27(29)25-20-18-24(19-21-25)26(28)30-22-16-6-4-2/h18-21H,3-17,22-23H2,1-2H3. The number of unbranched alkanes of at least 4 members (excludes halogenated alkanes) is 13. The fourth-order valence-corrected chi connectivity index (χ4v) is 3.53. The SMILES string of the molecule is CCCCCCCCCCCCCCOC(=O)c1ccc(C(=O)OCCCCC)cc1. The van der Waals surface area contributed by atoms with Crippen molar-refractivity contribution in [3.05, 3.63) is 35.4 Å². The van der Waals surface area contributed by atoms with E-state index in [0.29, 0.717) is 24.3 Å². The minimum absolute atomic E-state index is 0.328. The highest BCUT2D eigenvalue weighted by Crippen LogP contribution is 2.13. The summed E-state index contributed by atoms with van der Waals surface area (Å²) in [5, 5.41) is 0. The van der Waals surface area contributed by atoms with Crippen molar-refractivity contribution in [2.24, 2.45) is 0 Å². The van der Waals surface area contributed by atoms with Crippen LogP contribution in [0.5, 0.6) is 0 Å². The van der Waals surface area contributed by atoms with Gasteiger partial charge in [-0.2, -0.15) is 0 Å². The quantitative estimate of drug-likeness (QED) is 0.165. The van der Waals surface area contributed by atoms with Gasteiger partial charge in [-0.05, 0) is 37.1 Å². The molecule has 4 heteroatoms. The van der Waals surface area contributed by atoms with Crippen molar-refractivity contribution in [1.82, 2.24) is 0 Å². The Morgan fingerprint density at radius 2 is 0.806 bits per heavy atom. The van der Waals surface area contributed by atoms with Crippen LogP contribution in [0.2, 0.25) is 0 Å². The van der Waals surface area contributed by atoms with Gasteiger partial charge in [0.05, 0.1) is 24.3 Å². The molecule has 0 saturated carbocycles. The highest BCUT2D eigenvalue weighted by Gasteiger charge is 2.10. The number of hydrogen-bond donors (Lipinski definition) is 0. The molecule has 1 aromatic carbocycles. The van der Waals surface area contributed by atoms with Gasteiger partial charge in [-0.3, -0.25) is 0 Å². The summed E-state index contributed by atoms with van der Waals surface area (Å²) in [5.74, 6) is -0.668. The average Bonchev–Trinajstić information content (AvgIpc) is 2.79. The van der Waals surface area contributed by atoms with Crippen molar-refractivity contribution in [3.8, 4) is 0 Å². The van der Waals surface area contributed by atoms with E-state index in [4.69, 9.17) is 9.47 Å². The third-order valence-corrected chi connectivity index (χ3v) is 5.57.